The van der Waals surface area contributed by atoms with E-state index in [2.05, 4.69) is 21.9 Å². The Bertz CT molecular complexity index is 460. The molecule has 3 heteroatoms. The van der Waals surface area contributed by atoms with Gasteiger partial charge in [-0.05, 0) is 34.1 Å². The number of rotatable bonds is 0. The summed E-state index contributed by atoms with van der Waals surface area (Å²) in [5, 5.41) is 10.4. The minimum absolute atomic E-state index is 0.740. The Morgan fingerprint density at radius 2 is 1.81 bits per heavy atom. The highest BCUT2D eigenvalue weighted by molar-refractivity contribution is 9.10. The first-order chi connectivity index (χ1) is 7.72. The first kappa shape index (κ1) is 12.3. The summed E-state index contributed by atoms with van der Waals surface area (Å²) in [5.74, 6) is 2.53. The van der Waals surface area contributed by atoms with Crippen LogP contribution in [-0.2, 0) is 0 Å². The van der Waals surface area contributed by atoms with Gasteiger partial charge in [-0.3, -0.25) is 0 Å². The van der Waals surface area contributed by atoms with Gasteiger partial charge in [0.1, 0.15) is 0 Å². The number of hydrogen-bond acceptors (Lipinski definition) is 1. The monoisotopic (exact) mass is 275 g/mol. The van der Waals surface area contributed by atoms with Crippen molar-refractivity contribution in [2.45, 2.75) is 0 Å². The molecule has 0 saturated carbocycles. The molecule has 0 N–H and O–H groups in total. The fourth-order valence-electron chi connectivity index (χ4n) is 0.962. The highest BCUT2D eigenvalue weighted by atomic mass is 79.9. The Kier molecular flexibility index (Phi) is 5.10. The molecule has 80 valence electrons. The van der Waals surface area contributed by atoms with Crippen LogP contribution in [-0.4, -0.2) is 0 Å². The van der Waals surface area contributed by atoms with Gasteiger partial charge in [0.15, 0.2) is 12.4 Å². The van der Waals surface area contributed by atoms with Crippen LogP contribution < -0.4 is 4.73 Å². The van der Waals surface area contributed by atoms with Crippen LogP contribution in [0.15, 0.2) is 59.3 Å². The number of terminal acetylenes is 1. The normalized spacial score (nSPS) is 8.50. The molecule has 0 unspecified atom stereocenters. The summed E-state index contributed by atoms with van der Waals surface area (Å²) in [6.07, 6.45) is 7.98. The van der Waals surface area contributed by atoms with Gasteiger partial charge in [0, 0.05) is 11.6 Å². The van der Waals surface area contributed by atoms with Crippen molar-refractivity contribution >= 4 is 15.9 Å². The van der Waals surface area contributed by atoms with E-state index in [-0.39, 0.29) is 0 Å². The third-order valence-electron chi connectivity index (χ3n) is 1.68. The highest BCUT2D eigenvalue weighted by Gasteiger charge is 1.87. The second-order valence-electron chi connectivity index (χ2n) is 2.89. The largest absolute Gasteiger partial charge is 0.619 e. The number of nitrogens with zero attached hydrogens (tertiary/aromatic N) is 1. The molecule has 0 spiro atoms. The van der Waals surface area contributed by atoms with Gasteiger partial charge in [-0.25, -0.2) is 0 Å². The lowest BCUT2D eigenvalue weighted by Crippen LogP contribution is -2.23. The molecule has 0 amide bonds. The fourth-order valence-corrected chi connectivity index (χ4v) is 1.32. The summed E-state index contributed by atoms with van der Waals surface area (Å²) in [7, 11) is 0. The molecule has 0 aliphatic heterocycles. The SMILES string of the molecule is C#Cc1ccccc1.[O-][n+]1cccc(Br)c1. The van der Waals surface area contributed by atoms with E-state index in [9.17, 15) is 5.21 Å². The average molecular weight is 276 g/mol. The molecule has 2 rings (SSSR count). The van der Waals surface area contributed by atoms with E-state index in [1.54, 1.807) is 12.1 Å². The molecule has 16 heavy (non-hydrogen) atoms. The van der Waals surface area contributed by atoms with Crippen molar-refractivity contribution in [3.63, 3.8) is 0 Å². The van der Waals surface area contributed by atoms with Crippen LogP contribution in [0.5, 0.6) is 0 Å². The van der Waals surface area contributed by atoms with Gasteiger partial charge in [0.2, 0.25) is 0 Å². The molecule has 1 aromatic heterocycles. The number of halogens is 1. The maximum atomic E-state index is 10.4. The van der Waals surface area contributed by atoms with Crippen molar-refractivity contribution in [1.82, 2.24) is 0 Å². The van der Waals surface area contributed by atoms with Crippen LogP contribution >= 0.6 is 15.9 Å². The van der Waals surface area contributed by atoms with Crippen molar-refractivity contribution in [2.75, 3.05) is 0 Å². The van der Waals surface area contributed by atoms with E-state index >= 15 is 0 Å². The molecular weight excluding hydrogens is 266 g/mol. The molecule has 2 nitrogen and oxygen atoms in total. The van der Waals surface area contributed by atoms with Crippen LogP contribution in [0.3, 0.4) is 0 Å². The summed E-state index contributed by atoms with van der Waals surface area (Å²) in [6.45, 7) is 0. The van der Waals surface area contributed by atoms with E-state index in [0.29, 0.717) is 0 Å². The smallest absolute Gasteiger partial charge is 0.194 e. The number of benzene rings is 1. The zero-order valence-electron chi connectivity index (χ0n) is 8.51. The Hall–Kier alpha value is -1.79. The highest BCUT2D eigenvalue weighted by Crippen LogP contribution is 2.02. The summed E-state index contributed by atoms with van der Waals surface area (Å²) >= 11 is 3.14. The van der Waals surface area contributed by atoms with Gasteiger partial charge in [0.25, 0.3) is 0 Å². The Labute approximate surface area is 103 Å². The molecule has 0 bridgehead atoms. The molecule has 0 saturated heterocycles. The number of hydrogen-bond donors (Lipinski definition) is 0. The van der Waals surface area contributed by atoms with Gasteiger partial charge < -0.3 is 5.21 Å². The minimum atomic E-state index is 0.740. The fraction of sp³-hybridized carbons (Fsp3) is 0. The molecule has 0 atom stereocenters. The molecule has 0 radical (unpaired) electrons. The lowest BCUT2D eigenvalue weighted by Gasteiger charge is -1.91. The van der Waals surface area contributed by atoms with Crippen molar-refractivity contribution in [2.24, 2.45) is 0 Å². The molecular formula is C13H10BrNO. The zero-order valence-corrected chi connectivity index (χ0v) is 10.1. The van der Waals surface area contributed by atoms with Gasteiger partial charge in [-0.15, -0.1) is 6.42 Å². The van der Waals surface area contributed by atoms with E-state index < -0.39 is 0 Å². The predicted molar refractivity (Wildman–Crippen MR) is 67.5 cm³/mol. The van der Waals surface area contributed by atoms with Gasteiger partial charge in [0.05, 0.1) is 4.47 Å². The van der Waals surface area contributed by atoms with Crippen LogP contribution in [0.2, 0.25) is 0 Å². The van der Waals surface area contributed by atoms with Crippen LogP contribution in [0.1, 0.15) is 5.56 Å². The molecule has 0 fully saturated rings. The van der Waals surface area contributed by atoms with Crippen molar-refractivity contribution in [1.29, 1.82) is 0 Å². The topological polar surface area (TPSA) is 26.9 Å². The summed E-state index contributed by atoms with van der Waals surface area (Å²) in [6, 6.07) is 13.1. The first-order valence-corrected chi connectivity index (χ1v) is 5.37. The predicted octanol–water partition coefficient (Wildman–Crippen LogP) is 2.75. The van der Waals surface area contributed by atoms with Crippen LogP contribution in [0.25, 0.3) is 0 Å². The third-order valence-corrected chi connectivity index (χ3v) is 2.15. The Balaban J connectivity index is 0.000000160. The molecule has 1 aromatic carbocycles. The molecule has 2 aromatic rings. The number of pyridine rings is 1. The Morgan fingerprint density at radius 3 is 2.19 bits per heavy atom. The van der Waals surface area contributed by atoms with E-state index in [4.69, 9.17) is 6.42 Å². The van der Waals surface area contributed by atoms with Gasteiger partial charge >= 0.3 is 0 Å². The van der Waals surface area contributed by atoms with Crippen molar-refractivity contribution in [3.8, 4) is 12.3 Å². The lowest BCUT2D eigenvalue weighted by atomic mass is 10.2. The molecule has 0 aliphatic carbocycles. The maximum Gasteiger partial charge on any atom is 0.194 e. The van der Waals surface area contributed by atoms with E-state index in [1.165, 1.54) is 12.4 Å². The Morgan fingerprint density at radius 1 is 1.12 bits per heavy atom. The van der Waals surface area contributed by atoms with Crippen LogP contribution in [0, 0.1) is 17.6 Å². The van der Waals surface area contributed by atoms with Gasteiger partial charge in [-0.1, -0.05) is 24.1 Å². The second-order valence-corrected chi connectivity index (χ2v) is 3.81. The van der Waals surface area contributed by atoms with Crippen molar-refractivity contribution < 1.29 is 4.73 Å². The second kappa shape index (κ2) is 6.65. The average Bonchev–Trinajstić information content (AvgIpc) is 2.31. The van der Waals surface area contributed by atoms with Crippen LogP contribution in [0.4, 0.5) is 0 Å². The summed E-state index contributed by atoms with van der Waals surface area (Å²) in [5.41, 5.74) is 0.938. The minimum Gasteiger partial charge on any atom is -0.619 e. The molecule has 0 aliphatic rings. The van der Waals surface area contributed by atoms with E-state index in [1.807, 2.05) is 30.3 Å². The maximum absolute atomic E-state index is 10.4. The lowest BCUT2D eigenvalue weighted by molar-refractivity contribution is -0.606. The third kappa shape index (κ3) is 4.63. The van der Waals surface area contributed by atoms with Gasteiger partial charge in [-0.2, -0.15) is 4.73 Å². The summed E-state index contributed by atoms with van der Waals surface area (Å²) in [4.78, 5) is 0. The zero-order chi connectivity index (χ0) is 11.8. The van der Waals surface area contributed by atoms with Crippen molar-refractivity contribution in [3.05, 3.63) is 70.1 Å². The number of aromatic nitrogens is 1. The molecule has 1 heterocycles. The van der Waals surface area contributed by atoms with E-state index in [0.717, 1.165) is 14.8 Å². The summed E-state index contributed by atoms with van der Waals surface area (Å²) < 4.78 is 1.54. The quantitative estimate of drug-likeness (QED) is 0.413. The first-order valence-electron chi connectivity index (χ1n) is 4.58. The standard InChI is InChI=1S/C8H6.C5H4BrNO/c1-2-8-6-4-3-5-7-8;6-5-2-1-3-7(8)4-5/h1,3-7H;1-4H.